The lowest BCUT2D eigenvalue weighted by molar-refractivity contribution is -0.128. The lowest BCUT2D eigenvalue weighted by Gasteiger charge is -2.47. The molecule has 2 aliphatic heterocycles. The van der Waals surface area contributed by atoms with Gasteiger partial charge in [-0.1, -0.05) is 43.2 Å². The van der Waals surface area contributed by atoms with Crippen LogP contribution in [-0.4, -0.2) is 68.1 Å². The molecule has 3 fully saturated rings. The largest absolute Gasteiger partial charge is 0.389 e. The highest BCUT2D eigenvalue weighted by molar-refractivity contribution is 5.77. The SMILES string of the molecule is O=C(CC1CCCC1)N[C@]1(c2ccccc2)CCN(CC2COCCOC2)C[C@H]1O. The fourth-order valence-electron chi connectivity index (χ4n) is 5.36. The Morgan fingerprint density at radius 3 is 2.47 bits per heavy atom. The minimum atomic E-state index is -0.718. The van der Waals surface area contributed by atoms with Crippen molar-refractivity contribution in [3.63, 3.8) is 0 Å². The van der Waals surface area contributed by atoms with Gasteiger partial charge in [0.15, 0.2) is 0 Å². The minimum absolute atomic E-state index is 0.0730. The van der Waals surface area contributed by atoms with Crippen LogP contribution in [0.2, 0.25) is 0 Å². The van der Waals surface area contributed by atoms with Crippen molar-refractivity contribution in [1.29, 1.82) is 0 Å². The number of hydrogen-bond acceptors (Lipinski definition) is 5. The van der Waals surface area contributed by atoms with E-state index in [1.165, 1.54) is 12.8 Å². The zero-order valence-corrected chi connectivity index (χ0v) is 17.9. The predicted molar refractivity (Wildman–Crippen MR) is 115 cm³/mol. The maximum absolute atomic E-state index is 13.0. The molecule has 3 aliphatic rings. The Hall–Kier alpha value is -1.47. The second-order valence-corrected chi connectivity index (χ2v) is 9.28. The van der Waals surface area contributed by atoms with Crippen LogP contribution in [0.3, 0.4) is 0 Å². The zero-order chi connectivity index (χ0) is 20.8. The number of carbonyl (C=O) groups is 1. The molecule has 0 radical (unpaired) electrons. The number of carbonyl (C=O) groups excluding carboxylic acids is 1. The number of piperidine rings is 1. The summed E-state index contributed by atoms with van der Waals surface area (Å²) in [7, 11) is 0. The van der Waals surface area contributed by atoms with Gasteiger partial charge >= 0.3 is 0 Å². The van der Waals surface area contributed by atoms with E-state index in [2.05, 4.69) is 10.2 Å². The monoisotopic (exact) mass is 416 g/mol. The first kappa shape index (κ1) is 21.8. The summed E-state index contributed by atoms with van der Waals surface area (Å²) in [5, 5.41) is 14.6. The molecule has 1 amide bonds. The topological polar surface area (TPSA) is 71.0 Å². The number of nitrogens with one attached hydrogen (secondary N) is 1. The average molecular weight is 417 g/mol. The second kappa shape index (κ2) is 10.2. The number of nitrogens with zero attached hydrogens (tertiary/aromatic N) is 1. The second-order valence-electron chi connectivity index (χ2n) is 9.28. The number of β-amino-alcohol motifs (C(OH)–C–C–N with tert-alkyl or cyclic N) is 1. The molecule has 2 atom stereocenters. The molecule has 0 unspecified atom stereocenters. The molecular weight excluding hydrogens is 380 g/mol. The summed E-state index contributed by atoms with van der Waals surface area (Å²) in [5.41, 5.74) is 0.280. The normalized spacial score (nSPS) is 29.6. The van der Waals surface area contributed by atoms with Gasteiger partial charge in [-0.05, 0) is 30.7 Å². The molecule has 2 N–H and O–H groups in total. The summed E-state index contributed by atoms with van der Waals surface area (Å²) < 4.78 is 11.3. The number of amides is 1. The van der Waals surface area contributed by atoms with Crippen molar-refractivity contribution >= 4 is 5.91 Å². The number of aliphatic hydroxyl groups is 1. The van der Waals surface area contributed by atoms with E-state index < -0.39 is 11.6 Å². The van der Waals surface area contributed by atoms with Crippen molar-refractivity contribution in [2.45, 2.75) is 50.2 Å². The number of rotatable bonds is 6. The van der Waals surface area contributed by atoms with Gasteiger partial charge in [0.05, 0.1) is 38.1 Å². The van der Waals surface area contributed by atoms with Crippen molar-refractivity contribution in [2.24, 2.45) is 11.8 Å². The molecule has 2 heterocycles. The average Bonchev–Trinajstić information content (AvgIpc) is 3.12. The summed E-state index contributed by atoms with van der Waals surface area (Å²) in [6.45, 7) is 4.93. The zero-order valence-electron chi connectivity index (χ0n) is 17.9. The Kier molecular flexibility index (Phi) is 7.41. The van der Waals surface area contributed by atoms with Gasteiger partial charge < -0.3 is 24.8 Å². The molecule has 6 heteroatoms. The van der Waals surface area contributed by atoms with Crippen molar-refractivity contribution in [3.8, 4) is 0 Å². The van der Waals surface area contributed by atoms with E-state index in [0.717, 1.165) is 31.5 Å². The Labute approximate surface area is 179 Å². The van der Waals surface area contributed by atoms with Crippen LogP contribution in [-0.2, 0) is 19.8 Å². The van der Waals surface area contributed by atoms with Crippen LogP contribution in [0.1, 0.15) is 44.1 Å². The lowest BCUT2D eigenvalue weighted by atomic mass is 9.78. The van der Waals surface area contributed by atoms with Gasteiger partial charge in [-0.25, -0.2) is 0 Å². The molecule has 1 aliphatic carbocycles. The summed E-state index contributed by atoms with van der Waals surface area (Å²) in [4.78, 5) is 15.2. The summed E-state index contributed by atoms with van der Waals surface area (Å²) in [5.74, 6) is 0.884. The van der Waals surface area contributed by atoms with Crippen molar-refractivity contribution in [3.05, 3.63) is 35.9 Å². The quantitative estimate of drug-likeness (QED) is 0.745. The maximum atomic E-state index is 13.0. The van der Waals surface area contributed by atoms with Gasteiger partial charge in [0, 0.05) is 32.0 Å². The van der Waals surface area contributed by atoms with Gasteiger partial charge in [0.2, 0.25) is 5.91 Å². The predicted octanol–water partition coefficient (Wildman–Crippen LogP) is 2.31. The van der Waals surface area contributed by atoms with Crippen molar-refractivity contribution in [1.82, 2.24) is 10.2 Å². The first-order valence-electron chi connectivity index (χ1n) is 11.6. The van der Waals surface area contributed by atoms with Crippen LogP contribution >= 0.6 is 0 Å². The number of ether oxygens (including phenoxy) is 2. The molecule has 166 valence electrons. The van der Waals surface area contributed by atoms with E-state index in [1.54, 1.807) is 0 Å². The molecular formula is C24H36N2O4. The van der Waals surface area contributed by atoms with Gasteiger partial charge in [0.1, 0.15) is 0 Å². The van der Waals surface area contributed by atoms with E-state index in [9.17, 15) is 9.90 Å². The van der Waals surface area contributed by atoms with Gasteiger partial charge in [-0.2, -0.15) is 0 Å². The maximum Gasteiger partial charge on any atom is 0.221 e. The molecule has 0 spiro atoms. The van der Waals surface area contributed by atoms with Crippen LogP contribution in [0.5, 0.6) is 0 Å². The van der Waals surface area contributed by atoms with Crippen molar-refractivity contribution < 1.29 is 19.4 Å². The summed E-state index contributed by atoms with van der Waals surface area (Å²) in [6, 6.07) is 10.0. The van der Waals surface area contributed by atoms with Gasteiger partial charge in [-0.15, -0.1) is 0 Å². The van der Waals surface area contributed by atoms with E-state index in [-0.39, 0.29) is 5.91 Å². The highest BCUT2D eigenvalue weighted by Crippen LogP contribution is 2.35. The third-order valence-electron chi connectivity index (χ3n) is 7.02. The lowest BCUT2D eigenvalue weighted by Crippen LogP contribution is -2.62. The fourth-order valence-corrected chi connectivity index (χ4v) is 5.36. The van der Waals surface area contributed by atoms with Crippen LogP contribution in [0.15, 0.2) is 30.3 Å². The van der Waals surface area contributed by atoms with Gasteiger partial charge in [-0.3, -0.25) is 4.79 Å². The third-order valence-corrected chi connectivity index (χ3v) is 7.02. The Bertz CT molecular complexity index is 671. The van der Waals surface area contributed by atoms with Crippen LogP contribution in [0.25, 0.3) is 0 Å². The Morgan fingerprint density at radius 1 is 1.10 bits per heavy atom. The molecule has 6 nitrogen and oxygen atoms in total. The van der Waals surface area contributed by atoms with Crippen LogP contribution < -0.4 is 5.32 Å². The molecule has 30 heavy (non-hydrogen) atoms. The Balaban J connectivity index is 1.44. The molecule has 0 bridgehead atoms. The highest BCUT2D eigenvalue weighted by atomic mass is 16.5. The first-order valence-corrected chi connectivity index (χ1v) is 11.6. The summed E-state index contributed by atoms with van der Waals surface area (Å²) in [6.07, 6.45) is 5.36. The standard InChI is InChI=1S/C24H36N2O4/c27-22-16-26(15-20-17-29-12-13-30-18-20)11-10-24(22,21-8-2-1-3-9-21)25-23(28)14-19-6-4-5-7-19/h1-3,8-9,19-20,22,27H,4-7,10-18H2,(H,25,28)/t22-,24+/m1/s1. The number of likely N-dealkylation sites (tertiary alicyclic amines) is 1. The molecule has 2 saturated heterocycles. The third kappa shape index (κ3) is 5.22. The van der Waals surface area contributed by atoms with Crippen LogP contribution in [0.4, 0.5) is 0 Å². The number of hydrogen-bond donors (Lipinski definition) is 2. The molecule has 4 rings (SSSR count). The first-order chi connectivity index (χ1) is 14.7. The molecule has 1 saturated carbocycles. The number of aliphatic hydroxyl groups excluding tert-OH is 1. The molecule has 1 aromatic carbocycles. The van der Waals surface area contributed by atoms with E-state index >= 15 is 0 Å². The van der Waals surface area contributed by atoms with E-state index in [1.807, 2.05) is 30.3 Å². The van der Waals surface area contributed by atoms with Crippen molar-refractivity contribution in [2.75, 3.05) is 46.1 Å². The van der Waals surface area contributed by atoms with Gasteiger partial charge in [0.25, 0.3) is 0 Å². The Morgan fingerprint density at radius 2 is 1.80 bits per heavy atom. The highest BCUT2D eigenvalue weighted by Gasteiger charge is 2.45. The minimum Gasteiger partial charge on any atom is -0.389 e. The number of benzene rings is 1. The van der Waals surface area contributed by atoms with E-state index in [0.29, 0.717) is 57.6 Å². The van der Waals surface area contributed by atoms with E-state index in [4.69, 9.17) is 9.47 Å². The fraction of sp³-hybridized carbons (Fsp3) is 0.708. The smallest absolute Gasteiger partial charge is 0.221 e. The van der Waals surface area contributed by atoms with Crippen LogP contribution in [0, 0.1) is 11.8 Å². The summed E-state index contributed by atoms with van der Waals surface area (Å²) >= 11 is 0. The molecule has 0 aromatic heterocycles. The molecule has 1 aromatic rings.